The van der Waals surface area contributed by atoms with Gasteiger partial charge in [-0.3, -0.25) is 9.40 Å². The minimum atomic E-state index is -1.24. The molecule has 4 atom stereocenters. The van der Waals surface area contributed by atoms with Crippen molar-refractivity contribution in [2.75, 3.05) is 18.7 Å². The predicted octanol–water partition coefficient (Wildman–Crippen LogP) is 0.343. The Morgan fingerprint density at radius 1 is 1.29 bits per heavy atom. The van der Waals surface area contributed by atoms with Crippen molar-refractivity contribution >= 4 is 17.0 Å². The second-order valence-electron chi connectivity index (χ2n) is 6.39. The average molecular weight is 391 g/mol. The smallest absolute Gasteiger partial charge is 0.209 e. The summed E-state index contributed by atoms with van der Waals surface area (Å²) in [5, 5.41) is 29.7. The number of ether oxygens (including phenoxy) is 1. The van der Waals surface area contributed by atoms with Crippen LogP contribution in [0, 0.1) is 11.8 Å². The summed E-state index contributed by atoms with van der Waals surface area (Å²) in [6, 6.07) is 0. The Kier molecular flexibility index (Phi) is 6.77. The number of fused-ring (bicyclic) bond motifs is 1. The zero-order chi connectivity index (χ0) is 20.1. The second-order valence-corrected chi connectivity index (χ2v) is 6.39. The van der Waals surface area contributed by atoms with Crippen molar-refractivity contribution in [2.24, 2.45) is 0 Å². The van der Waals surface area contributed by atoms with Gasteiger partial charge in [0.15, 0.2) is 23.2 Å². The van der Waals surface area contributed by atoms with Gasteiger partial charge in [0.05, 0.1) is 19.5 Å². The third-order valence-electron chi connectivity index (χ3n) is 4.38. The van der Waals surface area contributed by atoms with Crippen LogP contribution < -0.4 is 5.48 Å². The van der Waals surface area contributed by atoms with E-state index in [0.717, 1.165) is 19.3 Å². The van der Waals surface area contributed by atoms with E-state index in [-0.39, 0.29) is 5.82 Å². The van der Waals surface area contributed by atoms with Gasteiger partial charge in [0, 0.05) is 6.42 Å². The van der Waals surface area contributed by atoms with Crippen LogP contribution >= 0.6 is 0 Å². The van der Waals surface area contributed by atoms with Crippen LogP contribution in [0.3, 0.4) is 0 Å². The van der Waals surface area contributed by atoms with Crippen molar-refractivity contribution in [1.29, 1.82) is 0 Å². The largest absolute Gasteiger partial charge is 0.394 e. The van der Waals surface area contributed by atoms with Crippen LogP contribution in [0.15, 0.2) is 6.33 Å². The van der Waals surface area contributed by atoms with Crippen molar-refractivity contribution in [2.45, 2.75) is 57.6 Å². The number of aliphatic hydroxyl groups excluding tert-OH is 3. The Hall–Kier alpha value is -2.29. The van der Waals surface area contributed by atoms with E-state index in [2.05, 4.69) is 39.2 Å². The highest BCUT2D eigenvalue weighted by Crippen LogP contribution is 2.32. The van der Waals surface area contributed by atoms with Crippen LogP contribution in [0.4, 0.5) is 5.82 Å². The maximum Gasteiger partial charge on any atom is 0.209 e. The summed E-state index contributed by atoms with van der Waals surface area (Å²) in [5.41, 5.74) is 3.51. The third kappa shape index (κ3) is 4.09. The lowest BCUT2D eigenvalue weighted by atomic mass is 10.1. The molecule has 10 heteroatoms. The standard InChI is InChI=1S/C18H25N5O5/c1-3-5-6-7-8-12-20-16(22-27-4-2)13-17(21-12)23(10-19-13)18-15(26)14(25)11(9-24)28-18/h10-11,14-15,18,24-26H,3-6,9H2,1-2H3,(H,20,21,22)/t11-,14-,15-,18-/m1/s1. The Balaban J connectivity index is 2.01. The number of anilines is 1. The van der Waals surface area contributed by atoms with Gasteiger partial charge in [-0.2, -0.15) is 4.98 Å². The molecule has 3 rings (SSSR count). The van der Waals surface area contributed by atoms with Gasteiger partial charge in [0.25, 0.3) is 0 Å². The lowest BCUT2D eigenvalue weighted by molar-refractivity contribution is -0.0511. The van der Waals surface area contributed by atoms with Gasteiger partial charge in [0.2, 0.25) is 5.82 Å². The van der Waals surface area contributed by atoms with Gasteiger partial charge in [-0.15, -0.1) is 0 Å². The summed E-state index contributed by atoms with van der Waals surface area (Å²) in [5.74, 6) is 6.59. The molecule has 0 saturated carbocycles. The lowest BCUT2D eigenvalue weighted by Crippen LogP contribution is -2.33. The summed E-state index contributed by atoms with van der Waals surface area (Å²) >= 11 is 0. The minimum absolute atomic E-state index is 0.277. The molecule has 10 nitrogen and oxygen atoms in total. The molecule has 0 spiro atoms. The summed E-state index contributed by atoms with van der Waals surface area (Å²) in [6.45, 7) is 3.92. The molecule has 0 unspecified atom stereocenters. The molecule has 3 heterocycles. The molecule has 152 valence electrons. The Morgan fingerprint density at radius 3 is 2.79 bits per heavy atom. The molecule has 1 saturated heterocycles. The van der Waals surface area contributed by atoms with Crippen LogP contribution in [-0.2, 0) is 9.57 Å². The molecule has 0 bridgehead atoms. The molecule has 0 amide bonds. The fraction of sp³-hybridized carbons (Fsp3) is 0.611. The zero-order valence-electron chi connectivity index (χ0n) is 15.9. The molecule has 2 aromatic heterocycles. The topological polar surface area (TPSA) is 135 Å². The van der Waals surface area contributed by atoms with Crippen LogP contribution in [0.25, 0.3) is 11.2 Å². The molecule has 0 aromatic carbocycles. The normalized spacial score (nSPS) is 24.3. The predicted molar refractivity (Wildman–Crippen MR) is 100.0 cm³/mol. The monoisotopic (exact) mass is 391 g/mol. The highest BCUT2D eigenvalue weighted by Gasteiger charge is 2.44. The lowest BCUT2D eigenvalue weighted by Gasteiger charge is -2.16. The van der Waals surface area contributed by atoms with E-state index in [0.29, 0.717) is 23.6 Å². The third-order valence-corrected chi connectivity index (χ3v) is 4.38. The molecule has 0 aliphatic carbocycles. The SMILES string of the molecule is CCCCC#Cc1nc(NOCC)c2ncn([C@@H]3O[C@H](CO)[C@@H](O)[C@H]3O)c2n1. The maximum absolute atomic E-state index is 10.3. The molecule has 1 fully saturated rings. The molecular formula is C18H25N5O5. The molecule has 1 aliphatic heterocycles. The first-order valence-electron chi connectivity index (χ1n) is 9.34. The summed E-state index contributed by atoms with van der Waals surface area (Å²) in [6.07, 6.45) is -0.105. The summed E-state index contributed by atoms with van der Waals surface area (Å²) in [4.78, 5) is 18.3. The number of rotatable bonds is 7. The van der Waals surface area contributed by atoms with Crippen molar-refractivity contribution in [3.63, 3.8) is 0 Å². The van der Waals surface area contributed by atoms with Gasteiger partial charge < -0.3 is 20.1 Å². The molecule has 2 aromatic rings. The van der Waals surface area contributed by atoms with E-state index >= 15 is 0 Å². The number of imidazole rings is 1. The quantitative estimate of drug-likeness (QED) is 0.299. The highest BCUT2D eigenvalue weighted by atomic mass is 16.6. The molecule has 1 aliphatic rings. The molecular weight excluding hydrogens is 366 g/mol. The number of aromatic nitrogens is 4. The van der Waals surface area contributed by atoms with E-state index < -0.39 is 31.1 Å². The van der Waals surface area contributed by atoms with Gasteiger partial charge >= 0.3 is 0 Å². The number of aliphatic hydroxyl groups is 3. The fourth-order valence-electron chi connectivity index (χ4n) is 2.89. The van der Waals surface area contributed by atoms with Gasteiger partial charge in [0.1, 0.15) is 18.3 Å². The maximum atomic E-state index is 10.3. The second kappa shape index (κ2) is 9.27. The van der Waals surface area contributed by atoms with E-state index in [4.69, 9.17) is 9.57 Å². The minimum Gasteiger partial charge on any atom is -0.394 e. The van der Waals surface area contributed by atoms with Gasteiger partial charge in [-0.1, -0.05) is 19.3 Å². The van der Waals surface area contributed by atoms with E-state index in [9.17, 15) is 15.3 Å². The van der Waals surface area contributed by atoms with Crippen LogP contribution in [0.1, 0.15) is 45.2 Å². The Morgan fingerprint density at radius 2 is 2.11 bits per heavy atom. The first-order valence-corrected chi connectivity index (χ1v) is 9.34. The van der Waals surface area contributed by atoms with Crippen LogP contribution in [-0.4, -0.2) is 66.4 Å². The summed E-state index contributed by atoms with van der Waals surface area (Å²) in [7, 11) is 0. The number of nitrogens with zero attached hydrogens (tertiary/aromatic N) is 4. The zero-order valence-corrected chi connectivity index (χ0v) is 15.9. The van der Waals surface area contributed by atoms with E-state index in [1.807, 2.05) is 6.92 Å². The fourth-order valence-corrected chi connectivity index (χ4v) is 2.89. The first-order chi connectivity index (χ1) is 13.6. The van der Waals surface area contributed by atoms with E-state index in [1.54, 1.807) is 0 Å². The van der Waals surface area contributed by atoms with E-state index in [1.165, 1.54) is 10.9 Å². The molecule has 0 radical (unpaired) electrons. The van der Waals surface area contributed by atoms with Gasteiger partial charge in [-0.05, 0) is 19.3 Å². The number of nitrogens with one attached hydrogen (secondary N) is 1. The molecule has 4 N–H and O–H groups in total. The van der Waals surface area contributed by atoms with Crippen molar-refractivity contribution in [3.05, 3.63) is 12.2 Å². The number of hydrogen-bond acceptors (Lipinski definition) is 9. The average Bonchev–Trinajstić information content (AvgIpc) is 3.24. The number of unbranched alkanes of at least 4 members (excludes halogenated alkanes) is 2. The number of hydrogen-bond donors (Lipinski definition) is 4. The van der Waals surface area contributed by atoms with Crippen LogP contribution in [0.2, 0.25) is 0 Å². The van der Waals surface area contributed by atoms with Crippen molar-refractivity contribution < 1.29 is 24.9 Å². The Labute approximate surface area is 162 Å². The highest BCUT2D eigenvalue weighted by molar-refractivity contribution is 5.83. The summed E-state index contributed by atoms with van der Waals surface area (Å²) < 4.78 is 7.08. The van der Waals surface area contributed by atoms with Crippen LogP contribution in [0.5, 0.6) is 0 Å². The Bertz CT molecular complexity index is 861. The molecule has 28 heavy (non-hydrogen) atoms. The van der Waals surface area contributed by atoms with Crippen molar-refractivity contribution in [3.8, 4) is 11.8 Å². The van der Waals surface area contributed by atoms with Crippen molar-refractivity contribution in [1.82, 2.24) is 19.5 Å². The first kappa shape index (κ1) is 20.4. The van der Waals surface area contributed by atoms with Gasteiger partial charge in [-0.25, -0.2) is 15.4 Å².